The highest BCUT2D eigenvalue weighted by atomic mass is 16.2. The van der Waals surface area contributed by atoms with Crippen molar-refractivity contribution in [2.45, 2.75) is 43.7 Å². The Morgan fingerprint density at radius 2 is 1.23 bits per heavy atom. The average molecular weight is 464 g/mol. The number of hydrogen-bond acceptors (Lipinski definition) is 4. The maximum atomic E-state index is 12.9. The van der Waals surface area contributed by atoms with Gasteiger partial charge >= 0.3 is 0 Å². The van der Waals surface area contributed by atoms with Gasteiger partial charge in [0.15, 0.2) is 0 Å². The second-order valence-electron chi connectivity index (χ2n) is 10.1. The van der Waals surface area contributed by atoms with Crippen LogP contribution < -0.4 is 0 Å². The first-order valence-electron chi connectivity index (χ1n) is 12.1. The van der Waals surface area contributed by atoms with Crippen LogP contribution in [0.15, 0.2) is 84.9 Å². The number of fused-ring (bicyclic) bond motifs is 1. The zero-order valence-corrected chi connectivity index (χ0v) is 20.1. The number of benzene rings is 3. The Morgan fingerprint density at radius 3 is 1.69 bits per heavy atom. The number of imide groups is 1. The van der Waals surface area contributed by atoms with Crippen LogP contribution in [-0.2, 0) is 5.41 Å². The summed E-state index contributed by atoms with van der Waals surface area (Å²) in [5, 5.41) is 10.5. The maximum Gasteiger partial charge on any atom is 0.261 e. The van der Waals surface area contributed by atoms with Gasteiger partial charge in [0.25, 0.3) is 11.8 Å². The van der Waals surface area contributed by atoms with Crippen molar-refractivity contribution >= 4 is 11.8 Å². The molecule has 1 saturated heterocycles. The van der Waals surface area contributed by atoms with E-state index in [1.807, 2.05) is 60.7 Å². The van der Waals surface area contributed by atoms with Gasteiger partial charge in [-0.05, 0) is 49.9 Å². The molecule has 3 aromatic carbocycles. The highest BCUT2D eigenvalue weighted by Gasteiger charge is 2.48. The molecule has 5 rings (SSSR count). The summed E-state index contributed by atoms with van der Waals surface area (Å²) in [7, 11) is 0. The van der Waals surface area contributed by atoms with Crippen molar-refractivity contribution in [3.8, 4) is 6.07 Å². The molecule has 0 aliphatic carbocycles. The van der Waals surface area contributed by atoms with Crippen molar-refractivity contribution in [3.63, 3.8) is 0 Å². The zero-order valence-electron chi connectivity index (χ0n) is 20.1. The van der Waals surface area contributed by atoms with Gasteiger partial charge in [0, 0.05) is 18.6 Å². The van der Waals surface area contributed by atoms with Crippen LogP contribution in [0.1, 0.15) is 58.5 Å². The molecule has 35 heavy (non-hydrogen) atoms. The van der Waals surface area contributed by atoms with Crippen LogP contribution in [0.25, 0.3) is 0 Å². The van der Waals surface area contributed by atoms with Gasteiger partial charge in [-0.3, -0.25) is 19.4 Å². The molecule has 0 atom stereocenters. The number of rotatable bonds is 7. The van der Waals surface area contributed by atoms with E-state index in [0.717, 1.165) is 17.5 Å². The van der Waals surface area contributed by atoms with Crippen molar-refractivity contribution < 1.29 is 9.59 Å². The summed E-state index contributed by atoms with van der Waals surface area (Å²) in [6.07, 6.45) is 1.46. The summed E-state index contributed by atoms with van der Waals surface area (Å²) in [5.74, 6) is -0.380. The van der Waals surface area contributed by atoms with Crippen LogP contribution in [0.4, 0.5) is 0 Å². The van der Waals surface area contributed by atoms with Gasteiger partial charge in [0.05, 0.1) is 23.2 Å². The van der Waals surface area contributed by atoms with E-state index in [-0.39, 0.29) is 23.4 Å². The molecule has 3 aromatic rings. The molecule has 0 bridgehead atoms. The molecule has 2 aliphatic heterocycles. The lowest BCUT2D eigenvalue weighted by Crippen LogP contribution is -2.66. The monoisotopic (exact) mass is 463 g/mol. The Hall–Kier alpha value is -3.75. The van der Waals surface area contributed by atoms with Gasteiger partial charge in [0.1, 0.15) is 5.41 Å². The summed E-state index contributed by atoms with van der Waals surface area (Å²) < 4.78 is 0. The largest absolute Gasteiger partial charge is 0.294 e. The minimum Gasteiger partial charge on any atom is -0.294 e. The second-order valence-corrected chi connectivity index (χ2v) is 10.1. The van der Waals surface area contributed by atoms with E-state index in [0.29, 0.717) is 30.6 Å². The Bertz CT molecular complexity index is 1210. The molecule has 0 radical (unpaired) electrons. The van der Waals surface area contributed by atoms with Crippen LogP contribution in [0.3, 0.4) is 0 Å². The number of nitriles is 1. The molecule has 2 amide bonds. The predicted molar refractivity (Wildman–Crippen MR) is 135 cm³/mol. The van der Waals surface area contributed by atoms with Gasteiger partial charge < -0.3 is 0 Å². The third-order valence-electron chi connectivity index (χ3n) is 7.74. The number of carbonyl (C=O) groups is 2. The van der Waals surface area contributed by atoms with Crippen LogP contribution in [-0.4, -0.2) is 46.3 Å². The van der Waals surface area contributed by atoms with Crippen LogP contribution in [0.2, 0.25) is 0 Å². The number of likely N-dealkylation sites (tertiary alicyclic amines) is 1. The smallest absolute Gasteiger partial charge is 0.261 e. The quantitative estimate of drug-likeness (QED) is 0.461. The van der Waals surface area contributed by atoms with Gasteiger partial charge in [-0.25, -0.2) is 0 Å². The Morgan fingerprint density at radius 1 is 0.771 bits per heavy atom. The maximum absolute atomic E-state index is 12.9. The van der Waals surface area contributed by atoms with E-state index in [1.165, 1.54) is 4.90 Å². The third-order valence-corrected chi connectivity index (χ3v) is 7.74. The molecule has 0 N–H and O–H groups in total. The Kier molecular flexibility index (Phi) is 5.78. The van der Waals surface area contributed by atoms with Gasteiger partial charge in [0.2, 0.25) is 0 Å². The molecular weight excluding hydrogens is 434 g/mol. The Labute approximate surface area is 206 Å². The van der Waals surface area contributed by atoms with E-state index in [4.69, 9.17) is 0 Å². The normalized spacial score (nSPS) is 16.7. The average Bonchev–Trinajstić information content (AvgIpc) is 3.10. The van der Waals surface area contributed by atoms with Gasteiger partial charge in [-0.15, -0.1) is 0 Å². The molecule has 176 valence electrons. The highest BCUT2D eigenvalue weighted by Crippen LogP contribution is 2.40. The third kappa shape index (κ3) is 3.84. The number of carbonyl (C=O) groups excluding carboxylic acids is 2. The van der Waals surface area contributed by atoms with E-state index < -0.39 is 5.41 Å². The molecule has 0 aromatic heterocycles. The fraction of sp³-hybridized carbons (Fsp3) is 0.300. The van der Waals surface area contributed by atoms with E-state index >= 15 is 0 Å². The molecule has 0 spiro atoms. The molecule has 5 heteroatoms. The highest BCUT2D eigenvalue weighted by molar-refractivity contribution is 6.21. The zero-order chi connectivity index (χ0) is 24.6. The van der Waals surface area contributed by atoms with Crippen LogP contribution in [0.5, 0.6) is 0 Å². The summed E-state index contributed by atoms with van der Waals surface area (Å²) >= 11 is 0. The Balaban J connectivity index is 1.31. The van der Waals surface area contributed by atoms with E-state index in [9.17, 15) is 14.9 Å². The SMILES string of the molecule is CC(C)(CCC(C#N)(c1ccccc1)c1ccccc1)N1CC(N2C(=O)c3ccccc3C2=O)C1. The van der Waals surface area contributed by atoms with Crippen molar-refractivity contribution in [1.82, 2.24) is 9.80 Å². The summed E-state index contributed by atoms with van der Waals surface area (Å²) in [4.78, 5) is 29.5. The predicted octanol–water partition coefficient (Wildman–Crippen LogP) is 5.04. The lowest BCUT2D eigenvalue weighted by molar-refractivity contribution is -0.0198. The summed E-state index contributed by atoms with van der Waals surface area (Å²) in [6, 6.07) is 29.6. The second kappa shape index (κ2) is 8.79. The molecule has 5 nitrogen and oxygen atoms in total. The standard InChI is InChI=1S/C30H29N3O2/c1-29(2,32-19-24(20-32)33-27(34)25-15-9-10-16-26(25)28(33)35)17-18-30(21-31,22-11-5-3-6-12-22)23-13-7-4-8-14-23/h3-16,24H,17-20H2,1-2H3. The molecule has 2 aliphatic rings. The minimum atomic E-state index is -0.743. The van der Waals surface area contributed by atoms with Crippen molar-refractivity contribution in [3.05, 3.63) is 107 Å². The first-order valence-corrected chi connectivity index (χ1v) is 12.1. The topological polar surface area (TPSA) is 64.4 Å². The number of hydrogen-bond donors (Lipinski definition) is 0. The van der Waals surface area contributed by atoms with Crippen molar-refractivity contribution in [1.29, 1.82) is 5.26 Å². The number of nitrogens with zero attached hydrogens (tertiary/aromatic N) is 3. The number of amides is 2. The minimum absolute atomic E-state index is 0.120. The molecule has 0 saturated carbocycles. The fourth-order valence-electron chi connectivity index (χ4n) is 5.39. The first kappa shape index (κ1) is 23.0. The fourth-order valence-corrected chi connectivity index (χ4v) is 5.39. The lowest BCUT2D eigenvalue weighted by atomic mass is 9.70. The summed E-state index contributed by atoms with van der Waals surface area (Å²) in [5.41, 5.74) is 2.06. The van der Waals surface area contributed by atoms with Gasteiger partial charge in [-0.1, -0.05) is 72.8 Å². The molecular formula is C30H29N3O2. The lowest BCUT2D eigenvalue weighted by Gasteiger charge is -2.51. The van der Waals surface area contributed by atoms with Gasteiger partial charge in [-0.2, -0.15) is 5.26 Å². The summed E-state index contributed by atoms with van der Waals surface area (Å²) in [6.45, 7) is 5.66. The van der Waals surface area contributed by atoms with Crippen molar-refractivity contribution in [2.24, 2.45) is 0 Å². The first-order chi connectivity index (χ1) is 16.9. The van der Waals surface area contributed by atoms with Crippen molar-refractivity contribution in [2.75, 3.05) is 13.1 Å². The van der Waals surface area contributed by atoms with Crippen LogP contribution >= 0.6 is 0 Å². The van der Waals surface area contributed by atoms with E-state index in [1.54, 1.807) is 24.3 Å². The molecule has 1 fully saturated rings. The molecule has 2 heterocycles. The molecule has 0 unspecified atom stereocenters. The van der Waals surface area contributed by atoms with Crippen LogP contribution in [0, 0.1) is 11.3 Å². The van der Waals surface area contributed by atoms with E-state index in [2.05, 4.69) is 24.8 Å².